The van der Waals surface area contributed by atoms with Crippen LogP contribution in [-0.2, 0) is 27.4 Å². The number of nitrogens with one attached hydrogen (secondary N) is 2. The van der Waals surface area contributed by atoms with Gasteiger partial charge in [0.15, 0.2) is 0 Å². The van der Waals surface area contributed by atoms with Crippen LogP contribution < -0.4 is 10.6 Å². The highest BCUT2D eigenvalue weighted by molar-refractivity contribution is 5.98. The summed E-state index contributed by atoms with van der Waals surface area (Å²) in [7, 11) is 0. The van der Waals surface area contributed by atoms with Crippen molar-refractivity contribution in [3.63, 3.8) is 0 Å². The molecule has 0 aliphatic carbocycles. The summed E-state index contributed by atoms with van der Waals surface area (Å²) in [5.74, 6) is -0.0875. The fourth-order valence-corrected chi connectivity index (χ4v) is 4.03. The first kappa shape index (κ1) is 21.6. The minimum absolute atomic E-state index is 0.167. The maximum absolute atomic E-state index is 12.8. The highest BCUT2D eigenvalue weighted by Gasteiger charge is 2.34. The second kappa shape index (κ2) is 9.26. The lowest BCUT2D eigenvalue weighted by Gasteiger charge is -2.30. The van der Waals surface area contributed by atoms with Crippen molar-refractivity contribution >= 4 is 28.8 Å². The number of carbonyl (C=O) groups is 3. The van der Waals surface area contributed by atoms with Crippen molar-refractivity contribution in [2.75, 3.05) is 0 Å². The van der Waals surface area contributed by atoms with Crippen molar-refractivity contribution in [1.82, 2.24) is 15.2 Å². The molecule has 0 saturated carbocycles. The fraction of sp³-hybridized carbons (Fsp3) is 0.320. The Bertz CT molecular complexity index is 1140. The van der Waals surface area contributed by atoms with Gasteiger partial charge in [-0.3, -0.25) is 14.2 Å². The van der Waals surface area contributed by atoms with Gasteiger partial charge in [0.05, 0.1) is 5.52 Å². The molecule has 166 valence electrons. The summed E-state index contributed by atoms with van der Waals surface area (Å²) < 4.78 is 6.95. The van der Waals surface area contributed by atoms with E-state index in [1.54, 1.807) is 6.20 Å². The number of fused-ring (bicyclic) bond motifs is 1. The highest BCUT2D eigenvalue weighted by atomic mass is 16.5. The Morgan fingerprint density at radius 1 is 0.969 bits per heavy atom. The number of piperazine rings is 1. The van der Waals surface area contributed by atoms with Crippen LogP contribution in [0.1, 0.15) is 31.4 Å². The van der Waals surface area contributed by atoms with Gasteiger partial charge in [0.1, 0.15) is 18.7 Å². The van der Waals surface area contributed by atoms with E-state index in [9.17, 15) is 14.4 Å². The lowest BCUT2D eigenvalue weighted by Crippen LogP contribution is -2.62. The van der Waals surface area contributed by atoms with Gasteiger partial charge in [-0.15, -0.1) is 0 Å². The number of hydrogen-bond donors (Lipinski definition) is 2. The van der Waals surface area contributed by atoms with Crippen LogP contribution in [0.2, 0.25) is 0 Å². The van der Waals surface area contributed by atoms with E-state index >= 15 is 0 Å². The zero-order valence-electron chi connectivity index (χ0n) is 18.2. The van der Waals surface area contributed by atoms with Crippen LogP contribution in [0.4, 0.5) is 4.79 Å². The van der Waals surface area contributed by atoms with Gasteiger partial charge in [-0.25, -0.2) is 4.79 Å². The summed E-state index contributed by atoms with van der Waals surface area (Å²) in [6.45, 7) is 4.19. The number of para-hydroxylation sites is 1. The third-order valence-corrected chi connectivity index (χ3v) is 5.59. The van der Waals surface area contributed by atoms with Crippen LogP contribution in [0, 0.1) is 5.92 Å². The molecule has 0 radical (unpaired) electrons. The SMILES string of the molecule is CC(C)C[C@H]1NC(=O)[C@H](Cc2cn(C(=O)OCc3ccccc3)c3ccccc23)NC1=O. The molecule has 1 aliphatic rings. The number of benzene rings is 2. The minimum Gasteiger partial charge on any atom is -0.444 e. The molecule has 32 heavy (non-hydrogen) atoms. The molecule has 2 amide bonds. The van der Waals surface area contributed by atoms with E-state index in [0.717, 1.165) is 16.5 Å². The number of hydrogen-bond acceptors (Lipinski definition) is 4. The van der Waals surface area contributed by atoms with Crippen LogP contribution in [0.15, 0.2) is 60.8 Å². The molecule has 1 aromatic heterocycles. The van der Waals surface area contributed by atoms with E-state index < -0.39 is 18.2 Å². The predicted molar refractivity (Wildman–Crippen MR) is 121 cm³/mol. The number of amides is 2. The number of nitrogens with zero attached hydrogens (tertiary/aromatic N) is 1. The molecule has 2 heterocycles. The summed E-state index contributed by atoms with van der Waals surface area (Å²) in [6, 6.07) is 15.7. The van der Waals surface area contributed by atoms with Crippen LogP contribution in [0.5, 0.6) is 0 Å². The van der Waals surface area contributed by atoms with Gasteiger partial charge < -0.3 is 15.4 Å². The normalized spacial score (nSPS) is 18.5. The van der Waals surface area contributed by atoms with Crippen LogP contribution in [0.25, 0.3) is 10.9 Å². The van der Waals surface area contributed by atoms with Crippen molar-refractivity contribution < 1.29 is 19.1 Å². The first-order valence-corrected chi connectivity index (χ1v) is 10.8. The molecule has 3 aromatic rings. The van der Waals surface area contributed by atoms with Crippen molar-refractivity contribution in [1.29, 1.82) is 0 Å². The molecule has 0 bridgehead atoms. The summed E-state index contributed by atoms with van der Waals surface area (Å²) in [5, 5.41) is 6.52. The third-order valence-electron chi connectivity index (χ3n) is 5.59. The van der Waals surface area contributed by atoms with E-state index in [2.05, 4.69) is 10.6 Å². The number of carbonyl (C=O) groups excluding carboxylic acids is 3. The molecule has 7 heteroatoms. The van der Waals surface area contributed by atoms with Gasteiger partial charge in [-0.2, -0.15) is 0 Å². The van der Waals surface area contributed by atoms with Crippen molar-refractivity contribution in [3.8, 4) is 0 Å². The average molecular weight is 434 g/mol. The molecule has 2 atom stereocenters. The Hall–Kier alpha value is -3.61. The third kappa shape index (κ3) is 4.66. The van der Waals surface area contributed by atoms with Gasteiger partial charge in [-0.1, -0.05) is 62.4 Å². The van der Waals surface area contributed by atoms with Gasteiger partial charge >= 0.3 is 6.09 Å². The monoisotopic (exact) mass is 433 g/mol. The zero-order chi connectivity index (χ0) is 22.7. The number of aromatic nitrogens is 1. The standard InChI is InChI=1S/C25H27N3O4/c1-16(2)12-20-23(29)27-21(24(30)26-20)13-18-14-28(22-11-7-6-10-19(18)22)25(31)32-15-17-8-4-3-5-9-17/h3-11,14,16,20-21H,12-13,15H2,1-2H3,(H,26,30)(H,27,29)/t20-,21+/m1/s1. The van der Waals surface area contributed by atoms with Crippen LogP contribution in [-0.4, -0.2) is 34.6 Å². The summed E-state index contributed by atoms with van der Waals surface area (Å²) >= 11 is 0. The largest absolute Gasteiger partial charge is 0.444 e. The molecule has 2 aromatic carbocycles. The Kier molecular flexibility index (Phi) is 6.25. The predicted octanol–water partition coefficient (Wildman–Crippen LogP) is 3.40. The van der Waals surface area contributed by atoms with Gasteiger partial charge in [0.2, 0.25) is 11.8 Å². The van der Waals surface area contributed by atoms with Gasteiger partial charge in [-0.05, 0) is 29.5 Å². The van der Waals surface area contributed by atoms with Crippen molar-refractivity contribution in [3.05, 3.63) is 71.9 Å². The highest BCUT2D eigenvalue weighted by Crippen LogP contribution is 2.24. The fourth-order valence-electron chi connectivity index (χ4n) is 4.03. The Balaban J connectivity index is 1.52. The van der Waals surface area contributed by atoms with Crippen molar-refractivity contribution in [2.24, 2.45) is 5.92 Å². The smallest absolute Gasteiger partial charge is 0.418 e. The van der Waals surface area contributed by atoms with Gasteiger partial charge in [0.25, 0.3) is 0 Å². The second-order valence-corrected chi connectivity index (χ2v) is 8.54. The van der Waals surface area contributed by atoms with E-state index in [-0.39, 0.29) is 24.8 Å². The molecule has 0 spiro atoms. The van der Waals surface area contributed by atoms with Gasteiger partial charge in [0, 0.05) is 18.0 Å². The lowest BCUT2D eigenvalue weighted by molar-refractivity contribution is -0.137. The lowest BCUT2D eigenvalue weighted by atomic mass is 9.97. The molecule has 1 aliphatic heterocycles. The van der Waals surface area contributed by atoms with E-state index in [1.807, 2.05) is 68.4 Å². The van der Waals surface area contributed by atoms with Crippen LogP contribution >= 0.6 is 0 Å². The Morgan fingerprint density at radius 2 is 1.62 bits per heavy atom. The second-order valence-electron chi connectivity index (χ2n) is 8.54. The summed E-state index contributed by atoms with van der Waals surface area (Å²) in [5.41, 5.74) is 2.39. The first-order valence-electron chi connectivity index (χ1n) is 10.8. The molecular weight excluding hydrogens is 406 g/mol. The minimum atomic E-state index is -0.689. The quantitative estimate of drug-likeness (QED) is 0.624. The Morgan fingerprint density at radius 3 is 2.38 bits per heavy atom. The number of ether oxygens (including phenoxy) is 1. The van der Waals surface area contributed by atoms with E-state index in [4.69, 9.17) is 4.74 Å². The zero-order valence-corrected chi connectivity index (χ0v) is 18.2. The van der Waals surface area contributed by atoms with E-state index in [1.165, 1.54) is 4.57 Å². The number of rotatable bonds is 6. The summed E-state index contributed by atoms with van der Waals surface area (Å²) in [4.78, 5) is 37.9. The Labute approximate surface area is 186 Å². The molecular formula is C25H27N3O4. The molecule has 7 nitrogen and oxygen atoms in total. The van der Waals surface area contributed by atoms with Crippen LogP contribution in [0.3, 0.4) is 0 Å². The molecule has 0 unspecified atom stereocenters. The maximum atomic E-state index is 12.8. The average Bonchev–Trinajstić information content (AvgIpc) is 3.14. The molecule has 4 rings (SSSR count). The molecule has 1 fully saturated rings. The molecule has 2 N–H and O–H groups in total. The molecule has 1 saturated heterocycles. The van der Waals surface area contributed by atoms with E-state index in [0.29, 0.717) is 17.9 Å². The topological polar surface area (TPSA) is 89.4 Å². The maximum Gasteiger partial charge on any atom is 0.418 e. The summed E-state index contributed by atoms with van der Waals surface area (Å²) in [6.07, 6.45) is 2.07. The first-order chi connectivity index (χ1) is 15.4. The van der Waals surface area contributed by atoms with Crippen molar-refractivity contribution in [2.45, 2.75) is 45.4 Å².